The van der Waals surface area contributed by atoms with Crippen LogP contribution in [0.15, 0.2) is 24.3 Å². The van der Waals surface area contributed by atoms with E-state index in [-0.39, 0.29) is 0 Å². The van der Waals surface area contributed by atoms with Gasteiger partial charge in [0, 0.05) is 0 Å². The van der Waals surface area contributed by atoms with Gasteiger partial charge in [-0.05, 0) is 6.92 Å². The maximum absolute atomic E-state index is 10.3. The van der Waals surface area contributed by atoms with Crippen molar-refractivity contribution in [1.82, 2.24) is 0 Å². The van der Waals surface area contributed by atoms with Gasteiger partial charge in [-0.25, -0.2) is 0 Å². The number of hydrogen-bond donors (Lipinski definition) is 0. The molecule has 0 heterocycles. The Bertz CT molecular complexity index is 205. The molecule has 52 valence electrons. The van der Waals surface area contributed by atoms with Crippen molar-refractivity contribution in [3.05, 3.63) is 29.8 Å². The maximum atomic E-state index is 10.3. The Hall–Kier alpha value is -0.795. The fourth-order valence-corrected chi connectivity index (χ4v) is 0.724. The van der Waals surface area contributed by atoms with E-state index in [9.17, 15) is 10.0 Å². The van der Waals surface area contributed by atoms with E-state index in [2.05, 4.69) is 0 Å². The lowest BCUT2D eigenvalue weighted by Gasteiger charge is -2.26. The molecule has 0 saturated heterocycles. The van der Waals surface area contributed by atoms with Gasteiger partial charge in [-0.3, -0.25) is 0 Å². The molecule has 1 aromatic rings. The molecule has 0 aliphatic heterocycles. The zero-order valence-electron chi connectivity index (χ0n) is 5.70. The number of rotatable bonds is 1. The van der Waals surface area contributed by atoms with E-state index in [4.69, 9.17) is 0 Å². The summed E-state index contributed by atoms with van der Waals surface area (Å²) in [6, 6.07) is 6.66. The first-order valence-electron chi connectivity index (χ1n) is 3.08. The van der Waals surface area contributed by atoms with Crippen LogP contribution in [-0.4, -0.2) is 7.12 Å². The van der Waals surface area contributed by atoms with Crippen molar-refractivity contribution in [1.29, 1.82) is 0 Å². The largest absolute Gasteiger partial charge is 0.889 e. The van der Waals surface area contributed by atoms with Crippen LogP contribution in [0.3, 0.4) is 0 Å². The molecule has 0 aliphatic rings. The van der Waals surface area contributed by atoms with Crippen LogP contribution in [0.4, 0.5) is 0 Å². The average Bonchev–Trinajstić information content (AvgIpc) is 1.88. The fraction of sp³-hybridized carbons (Fsp3) is 0.143. The van der Waals surface area contributed by atoms with E-state index in [1.165, 1.54) is 0 Å². The Balaban J connectivity index is 2.89. The molecule has 0 atom stereocenters. The first-order valence-corrected chi connectivity index (χ1v) is 3.08. The fourth-order valence-electron chi connectivity index (χ4n) is 0.724. The lowest BCUT2D eigenvalue weighted by molar-refractivity contribution is -0.341. The average molecular weight is 134 g/mol. The summed E-state index contributed by atoms with van der Waals surface area (Å²) in [5, 5.41) is 20.6. The van der Waals surface area contributed by atoms with Crippen LogP contribution in [0, 0.1) is 6.92 Å². The third-order valence-electron chi connectivity index (χ3n) is 1.35. The van der Waals surface area contributed by atoms with Gasteiger partial charge in [0.15, 0.2) is 0 Å². The van der Waals surface area contributed by atoms with Gasteiger partial charge < -0.3 is 10.0 Å². The minimum atomic E-state index is -1.85. The van der Waals surface area contributed by atoms with E-state index >= 15 is 0 Å². The predicted octanol–water partition coefficient (Wildman–Crippen LogP) is -1.59. The van der Waals surface area contributed by atoms with E-state index < -0.39 is 7.12 Å². The highest BCUT2D eigenvalue weighted by Crippen LogP contribution is 1.91. The van der Waals surface area contributed by atoms with Gasteiger partial charge in [0.05, 0.1) is 0 Å². The van der Waals surface area contributed by atoms with Crippen molar-refractivity contribution < 1.29 is 10.0 Å². The van der Waals surface area contributed by atoms with Gasteiger partial charge in [-0.1, -0.05) is 36.9 Å². The van der Waals surface area contributed by atoms with Gasteiger partial charge in [0.2, 0.25) is 0 Å². The molecule has 2 nitrogen and oxygen atoms in total. The first kappa shape index (κ1) is 7.31. The minimum absolute atomic E-state index is 0.311. The van der Waals surface area contributed by atoms with Crippen molar-refractivity contribution in [3.8, 4) is 0 Å². The van der Waals surface area contributed by atoms with Gasteiger partial charge in [0.25, 0.3) is 0 Å². The molecular formula is C7H7BO2-2. The Morgan fingerprint density at radius 2 is 1.60 bits per heavy atom. The van der Waals surface area contributed by atoms with Crippen molar-refractivity contribution in [3.63, 3.8) is 0 Å². The number of aryl methyl sites for hydroxylation is 1. The minimum Gasteiger partial charge on any atom is -0.889 e. The molecule has 0 fully saturated rings. The van der Waals surface area contributed by atoms with E-state index in [0.717, 1.165) is 5.56 Å². The third kappa shape index (κ3) is 1.59. The second-order valence-electron chi connectivity index (χ2n) is 2.24. The molecule has 0 amide bonds. The van der Waals surface area contributed by atoms with Crippen LogP contribution in [0.2, 0.25) is 0 Å². The van der Waals surface area contributed by atoms with Crippen molar-refractivity contribution in [2.24, 2.45) is 0 Å². The summed E-state index contributed by atoms with van der Waals surface area (Å²) in [6.45, 7) is 1.91. The maximum Gasteiger partial charge on any atom is -0.0398 e. The lowest BCUT2D eigenvalue weighted by Crippen LogP contribution is -2.55. The Morgan fingerprint density at radius 3 is 2.00 bits per heavy atom. The summed E-state index contributed by atoms with van der Waals surface area (Å²) in [5.41, 5.74) is 1.37. The molecular weight excluding hydrogens is 127 g/mol. The Labute approximate surface area is 60.3 Å². The molecule has 0 radical (unpaired) electrons. The molecule has 1 rings (SSSR count). The standard InChI is InChI=1S/C7H7BO2/c1-6-2-4-7(5-3-6)8(9)10/h2-5H,1H3/q-2. The van der Waals surface area contributed by atoms with Crippen LogP contribution in [0.1, 0.15) is 5.56 Å². The molecule has 0 spiro atoms. The molecule has 0 unspecified atom stereocenters. The van der Waals surface area contributed by atoms with Crippen LogP contribution in [0.5, 0.6) is 0 Å². The zero-order valence-corrected chi connectivity index (χ0v) is 5.70. The second-order valence-corrected chi connectivity index (χ2v) is 2.24. The molecule has 3 heteroatoms. The molecule has 0 saturated carbocycles. The quantitative estimate of drug-likeness (QED) is 0.434. The Morgan fingerprint density at radius 1 is 1.10 bits per heavy atom. The first-order chi connectivity index (χ1) is 4.70. The van der Waals surface area contributed by atoms with Crippen molar-refractivity contribution in [2.75, 3.05) is 0 Å². The van der Waals surface area contributed by atoms with Gasteiger partial charge in [0.1, 0.15) is 0 Å². The predicted molar refractivity (Wildman–Crippen MR) is 36.6 cm³/mol. The summed E-state index contributed by atoms with van der Waals surface area (Å²) in [7, 11) is -1.85. The second kappa shape index (κ2) is 2.86. The van der Waals surface area contributed by atoms with Crippen LogP contribution >= 0.6 is 0 Å². The molecule has 1 aromatic carbocycles. The van der Waals surface area contributed by atoms with Gasteiger partial charge >= 0.3 is 0 Å². The summed E-state index contributed by atoms with van der Waals surface area (Å²) >= 11 is 0. The van der Waals surface area contributed by atoms with Gasteiger partial charge in [-0.2, -0.15) is 0 Å². The Kier molecular flexibility index (Phi) is 2.09. The summed E-state index contributed by atoms with van der Waals surface area (Å²) in [5.74, 6) is 0. The number of benzene rings is 1. The van der Waals surface area contributed by atoms with Gasteiger partial charge in [-0.15, -0.1) is 5.46 Å². The smallest absolute Gasteiger partial charge is 0.0398 e. The summed E-state index contributed by atoms with van der Waals surface area (Å²) in [6.07, 6.45) is 0. The summed E-state index contributed by atoms with van der Waals surface area (Å²) < 4.78 is 0. The van der Waals surface area contributed by atoms with Crippen molar-refractivity contribution in [2.45, 2.75) is 6.92 Å². The zero-order chi connectivity index (χ0) is 7.56. The van der Waals surface area contributed by atoms with Crippen molar-refractivity contribution >= 4 is 12.6 Å². The normalized spacial score (nSPS) is 9.50. The highest BCUT2D eigenvalue weighted by Gasteiger charge is 1.85. The number of hydrogen-bond acceptors (Lipinski definition) is 2. The third-order valence-corrected chi connectivity index (χ3v) is 1.35. The van der Waals surface area contributed by atoms with E-state index in [1.54, 1.807) is 24.3 Å². The topological polar surface area (TPSA) is 46.1 Å². The van der Waals surface area contributed by atoms with E-state index in [0.29, 0.717) is 5.46 Å². The van der Waals surface area contributed by atoms with Crippen LogP contribution in [0.25, 0.3) is 0 Å². The van der Waals surface area contributed by atoms with Crippen LogP contribution < -0.4 is 15.5 Å². The van der Waals surface area contributed by atoms with Crippen LogP contribution in [-0.2, 0) is 0 Å². The molecule has 0 N–H and O–H groups in total. The summed E-state index contributed by atoms with van der Waals surface area (Å²) in [4.78, 5) is 0. The molecule has 0 bridgehead atoms. The highest BCUT2D eigenvalue weighted by atomic mass is 16.4. The molecule has 0 aromatic heterocycles. The SMILES string of the molecule is Cc1ccc(B([O-])[O-])cc1. The lowest BCUT2D eigenvalue weighted by atomic mass is 9.80. The monoisotopic (exact) mass is 134 g/mol. The molecule has 10 heavy (non-hydrogen) atoms. The molecule has 0 aliphatic carbocycles. The highest BCUT2D eigenvalue weighted by molar-refractivity contribution is 6.55. The van der Waals surface area contributed by atoms with E-state index in [1.807, 2.05) is 6.92 Å².